The zero-order valence-corrected chi connectivity index (χ0v) is 9.11. The van der Waals surface area contributed by atoms with Gasteiger partial charge in [-0.25, -0.2) is 4.79 Å². The quantitative estimate of drug-likeness (QED) is 0.763. The van der Waals surface area contributed by atoms with E-state index in [2.05, 4.69) is 6.92 Å². The Morgan fingerprint density at radius 1 is 1.64 bits per heavy atom. The first kappa shape index (κ1) is 9.52. The number of nitrogen functional groups attached to an aromatic ring is 1. The van der Waals surface area contributed by atoms with E-state index in [0.29, 0.717) is 10.6 Å². The largest absolute Gasteiger partial charge is 0.465 e. The van der Waals surface area contributed by atoms with E-state index in [1.165, 1.54) is 18.4 Å². The molecule has 1 aromatic rings. The lowest BCUT2D eigenvalue weighted by atomic mass is 9.97. The number of rotatable bonds is 2. The lowest BCUT2D eigenvalue weighted by Gasteiger charge is -2.08. The van der Waals surface area contributed by atoms with Crippen LogP contribution in [0.4, 0.5) is 5.00 Å². The van der Waals surface area contributed by atoms with Crippen LogP contribution >= 0.6 is 11.3 Å². The van der Waals surface area contributed by atoms with Crippen LogP contribution in [-0.2, 0) is 10.2 Å². The van der Waals surface area contributed by atoms with E-state index in [4.69, 9.17) is 10.5 Å². The molecule has 0 amide bonds. The molecule has 0 aromatic carbocycles. The van der Waals surface area contributed by atoms with Gasteiger partial charge in [-0.1, -0.05) is 6.92 Å². The van der Waals surface area contributed by atoms with Gasteiger partial charge in [0.25, 0.3) is 0 Å². The summed E-state index contributed by atoms with van der Waals surface area (Å²) in [7, 11) is 1.39. The Kier molecular flexibility index (Phi) is 2.03. The second kappa shape index (κ2) is 2.98. The minimum absolute atomic E-state index is 0.164. The fourth-order valence-corrected chi connectivity index (χ4v) is 2.54. The zero-order chi connectivity index (χ0) is 10.3. The van der Waals surface area contributed by atoms with Gasteiger partial charge in [-0.15, -0.1) is 11.3 Å². The predicted molar refractivity (Wildman–Crippen MR) is 56.7 cm³/mol. The van der Waals surface area contributed by atoms with Crippen LogP contribution in [0.1, 0.15) is 35.7 Å². The first-order chi connectivity index (χ1) is 6.58. The number of ether oxygens (including phenoxy) is 1. The van der Waals surface area contributed by atoms with Gasteiger partial charge in [-0.2, -0.15) is 0 Å². The van der Waals surface area contributed by atoms with Crippen molar-refractivity contribution in [1.29, 1.82) is 0 Å². The molecule has 0 aliphatic heterocycles. The minimum Gasteiger partial charge on any atom is -0.465 e. The molecule has 2 N–H and O–H groups in total. The van der Waals surface area contributed by atoms with Crippen molar-refractivity contribution in [1.82, 2.24) is 0 Å². The third-order valence-corrected chi connectivity index (χ3v) is 3.67. The molecule has 1 fully saturated rings. The molecular weight excluding hydrogens is 198 g/mol. The molecule has 1 aliphatic carbocycles. The smallest absolute Gasteiger partial charge is 0.341 e. The second-order valence-electron chi connectivity index (χ2n) is 3.94. The van der Waals surface area contributed by atoms with Crippen molar-refractivity contribution in [3.63, 3.8) is 0 Å². The van der Waals surface area contributed by atoms with Crippen LogP contribution in [0, 0.1) is 0 Å². The van der Waals surface area contributed by atoms with Crippen molar-refractivity contribution in [2.75, 3.05) is 12.8 Å². The highest BCUT2D eigenvalue weighted by molar-refractivity contribution is 7.14. The summed E-state index contributed by atoms with van der Waals surface area (Å²) in [4.78, 5) is 11.5. The minimum atomic E-state index is -0.313. The molecule has 0 saturated heterocycles. The zero-order valence-electron chi connectivity index (χ0n) is 8.29. The van der Waals surface area contributed by atoms with Crippen molar-refractivity contribution in [3.8, 4) is 0 Å². The number of methoxy groups -OCH3 is 1. The summed E-state index contributed by atoms with van der Waals surface area (Å²) in [5.41, 5.74) is 7.57. The molecule has 1 aromatic heterocycles. The molecule has 0 bridgehead atoms. The van der Waals surface area contributed by atoms with E-state index in [0.717, 1.165) is 18.4 Å². The van der Waals surface area contributed by atoms with E-state index >= 15 is 0 Å². The Labute approximate surface area is 86.9 Å². The Morgan fingerprint density at radius 3 is 2.79 bits per heavy atom. The summed E-state index contributed by atoms with van der Waals surface area (Å²) in [6, 6.07) is 0. The number of nitrogens with two attached hydrogens (primary N) is 1. The first-order valence-corrected chi connectivity index (χ1v) is 5.42. The molecule has 14 heavy (non-hydrogen) atoms. The normalized spacial score (nSPS) is 17.9. The molecule has 2 rings (SSSR count). The average molecular weight is 211 g/mol. The van der Waals surface area contributed by atoms with Gasteiger partial charge in [-0.3, -0.25) is 0 Å². The highest BCUT2D eigenvalue weighted by atomic mass is 32.1. The van der Waals surface area contributed by atoms with Crippen molar-refractivity contribution in [2.24, 2.45) is 0 Å². The molecular formula is C10H13NO2S. The van der Waals surface area contributed by atoms with Crippen LogP contribution in [0.5, 0.6) is 0 Å². The Morgan fingerprint density at radius 2 is 2.29 bits per heavy atom. The van der Waals surface area contributed by atoms with Crippen LogP contribution in [0.3, 0.4) is 0 Å². The maximum Gasteiger partial charge on any atom is 0.341 e. The van der Waals surface area contributed by atoms with Gasteiger partial charge in [0.1, 0.15) is 5.00 Å². The van der Waals surface area contributed by atoms with Crippen LogP contribution in [0.25, 0.3) is 0 Å². The highest BCUT2D eigenvalue weighted by Crippen LogP contribution is 2.51. The third kappa shape index (κ3) is 1.30. The topological polar surface area (TPSA) is 52.3 Å². The van der Waals surface area contributed by atoms with Gasteiger partial charge in [-0.05, 0) is 29.2 Å². The molecule has 0 unspecified atom stereocenters. The van der Waals surface area contributed by atoms with Crippen molar-refractivity contribution < 1.29 is 9.53 Å². The molecule has 0 atom stereocenters. The lowest BCUT2D eigenvalue weighted by molar-refractivity contribution is 0.0600. The Bertz CT molecular complexity index is 379. The summed E-state index contributed by atoms with van der Waals surface area (Å²) in [6.07, 6.45) is 2.26. The molecule has 0 spiro atoms. The summed E-state index contributed by atoms with van der Waals surface area (Å²) in [5, 5.41) is 2.55. The highest BCUT2D eigenvalue weighted by Gasteiger charge is 2.43. The van der Waals surface area contributed by atoms with E-state index in [1.807, 2.05) is 5.38 Å². The monoisotopic (exact) mass is 211 g/mol. The molecule has 1 saturated carbocycles. The van der Waals surface area contributed by atoms with Gasteiger partial charge < -0.3 is 10.5 Å². The molecule has 1 heterocycles. The van der Waals surface area contributed by atoms with E-state index in [9.17, 15) is 4.79 Å². The molecule has 76 valence electrons. The SMILES string of the molecule is COC(=O)c1c(C2(C)CC2)csc1N. The maximum atomic E-state index is 11.5. The van der Waals surface area contributed by atoms with Crippen molar-refractivity contribution >= 4 is 22.3 Å². The lowest BCUT2D eigenvalue weighted by Crippen LogP contribution is -2.10. The number of carbonyl (C=O) groups excluding carboxylic acids is 1. The van der Waals surface area contributed by atoms with Gasteiger partial charge >= 0.3 is 5.97 Å². The van der Waals surface area contributed by atoms with E-state index in [1.54, 1.807) is 0 Å². The average Bonchev–Trinajstić information content (AvgIpc) is 2.77. The van der Waals surface area contributed by atoms with Crippen molar-refractivity contribution in [3.05, 3.63) is 16.5 Å². The molecule has 4 heteroatoms. The van der Waals surface area contributed by atoms with Crippen LogP contribution in [0.2, 0.25) is 0 Å². The van der Waals surface area contributed by atoms with Crippen LogP contribution in [0.15, 0.2) is 5.38 Å². The molecule has 3 nitrogen and oxygen atoms in total. The predicted octanol–water partition coefficient (Wildman–Crippen LogP) is 2.17. The standard InChI is InChI=1S/C10H13NO2S/c1-10(3-4-10)6-5-14-8(11)7(6)9(12)13-2/h5H,3-4,11H2,1-2H3. The van der Waals surface area contributed by atoms with Gasteiger partial charge in [0.05, 0.1) is 12.7 Å². The number of thiophene rings is 1. The van der Waals surface area contributed by atoms with Gasteiger partial charge in [0.15, 0.2) is 0 Å². The van der Waals surface area contributed by atoms with Crippen LogP contribution < -0.4 is 5.73 Å². The Hall–Kier alpha value is -1.03. The van der Waals surface area contributed by atoms with E-state index < -0.39 is 0 Å². The first-order valence-electron chi connectivity index (χ1n) is 4.54. The number of carbonyl (C=O) groups is 1. The number of anilines is 1. The summed E-state index contributed by atoms with van der Waals surface area (Å²) in [5.74, 6) is -0.313. The van der Waals surface area contributed by atoms with Gasteiger partial charge in [0.2, 0.25) is 0 Å². The second-order valence-corrected chi connectivity index (χ2v) is 4.85. The summed E-state index contributed by atoms with van der Waals surface area (Å²) >= 11 is 1.42. The van der Waals surface area contributed by atoms with Gasteiger partial charge in [0, 0.05) is 0 Å². The number of esters is 1. The number of hydrogen-bond acceptors (Lipinski definition) is 4. The van der Waals surface area contributed by atoms with E-state index in [-0.39, 0.29) is 11.4 Å². The van der Waals surface area contributed by atoms with Crippen LogP contribution in [-0.4, -0.2) is 13.1 Å². The number of hydrogen-bond donors (Lipinski definition) is 1. The van der Waals surface area contributed by atoms with Crippen molar-refractivity contribution in [2.45, 2.75) is 25.2 Å². The molecule has 1 aliphatic rings. The summed E-state index contributed by atoms with van der Waals surface area (Å²) in [6.45, 7) is 2.15. The Balaban J connectivity index is 2.46. The third-order valence-electron chi connectivity index (χ3n) is 2.86. The molecule has 0 radical (unpaired) electrons. The maximum absolute atomic E-state index is 11.5. The fourth-order valence-electron chi connectivity index (χ4n) is 1.59. The summed E-state index contributed by atoms with van der Waals surface area (Å²) < 4.78 is 4.73. The fraction of sp³-hybridized carbons (Fsp3) is 0.500.